The van der Waals surface area contributed by atoms with Crippen molar-refractivity contribution in [1.29, 1.82) is 5.26 Å². The number of halogens is 2. The van der Waals surface area contributed by atoms with E-state index in [9.17, 15) is 13.6 Å². The Balaban J connectivity index is 2.40. The van der Waals surface area contributed by atoms with E-state index < -0.39 is 17.5 Å². The molecule has 0 aliphatic heterocycles. The molecule has 0 atom stereocenters. The van der Waals surface area contributed by atoms with Gasteiger partial charge in [0.15, 0.2) is 11.6 Å². The Morgan fingerprint density at radius 1 is 1.24 bits per heavy atom. The molecule has 0 aromatic heterocycles. The van der Waals surface area contributed by atoms with Gasteiger partial charge in [0.1, 0.15) is 0 Å². The average Bonchev–Trinajstić information content (AvgIpc) is 2.49. The maximum Gasteiger partial charge on any atom is 0.260 e. The third-order valence-electron chi connectivity index (χ3n) is 2.99. The number of amides is 1. The van der Waals surface area contributed by atoms with Crippen LogP contribution in [-0.4, -0.2) is 13.0 Å². The van der Waals surface area contributed by atoms with E-state index in [2.05, 4.69) is 0 Å². The van der Waals surface area contributed by atoms with Crippen molar-refractivity contribution in [2.24, 2.45) is 0 Å². The van der Waals surface area contributed by atoms with Gasteiger partial charge in [-0.25, -0.2) is 8.78 Å². The molecule has 6 heteroatoms. The molecule has 0 fully saturated rings. The van der Waals surface area contributed by atoms with Crippen LogP contribution in [0.25, 0.3) is 0 Å². The molecule has 0 saturated heterocycles. The van der Waals surface area contributed by atoms with Crippen LogP contribution in [0.3, 0.4) is 0 Å². The summed E-state index contributed by atoms with van der Waals surface area (Å²) in [6.07, 6.45) is 0. The van der Waals surface area contributed by atoms with Crippen molar-refractivity contribution in [3.8, 4) is 6.07 Å². The largest absolute Gasteiger partial charge is 0.398 e. The number of nitrogen functional groups attached to an aromatic ring is 1. The Labute approximate surface area is 120 Å². The summed E-state index contributed by atoms with van der Waals surface area (Å²) >= 11 is 0. The minimum atomic E-state index is -1.15. The van der Waals surface area contributed by atoms with E-state index in [-0.39, 0.29) is 11.3 Å². The minimum Gasteiger partial charge on any atom is -0.398 e. The third kappa shape index (κ3) is 2.82. The molecule has 2 aromatic rings. The number of anilines is 2. The van der Waals surface area contributed by atoms with Crippen LogP contribution in [0.5, 0.6) is 0 Å². The van der Waals surface area contributed by atoms with Crippen molar-refractivity contribution in [2.75, 3.05) is 17.7 Å². The van der Waals surface area contributed by atoms with Crippen LogP contribution >= 0.6 is 0 Å². The molecule has 0 unspecified atom stereocenters. The van der Waals surface area contributed by atoms with Crippen molar-refractivity contribution < 1.29 is 13.6 Å². The summed E-state index contributed by atoms with van der Waals surface area (Å²) in [5.74, 6) is -2.86. The average molecular weight is 287 g/mol. The number of nitrogens with zero attached hydrogens (tertiary/aromatic N) is 2. The van der Waals surface area contributed by atoms with Gasteiger partial charge >= 0.3 is 0 Å². The molecule has 0 spiro atoms. The Morgan fingerprint density at radius 2 is 1.90 bits per heavy atom. The fourth-order valence-corrected chi connectivity index (χ4v) is 1.83. The van der Waals surface area contributed by atoms with Gasteiger partial charge in [0, 0.05) is 24.5 Å². The van der Waals surface area contributed by atoms with Crippen molar-refractivity contribution in [3.05, 3.63) is 59.2 Å². The summed E-state index contributed by atoms with van der Waals surface area (Å²) < 4.78 is 26.3. The molecule has 1 amide bonds. The van der Waals surface area contributed by atoms with E-state index in [0.717, 1.165) is 12.1 Å². The number of rotatable bonds is 2. The first kappa shape index (κ1) is 14.5. The first-order chi connectivity index (χ1) is 9.93. The molecule has 0 heterocycles. The van der Waals surface area contributed by atoms with Crippen LogP contribution in [0.1, 0.15) is 15.9 Å². The van der Waals surface area contributed by atoms with Gasteiger partial charge in [-0.1, -0.05) is 6.07 Å². The van der Waals surface area contributed by atoms with Gasteiger partial charge in [-0.15, -0.1) is 0 Å². The van der Waals surface area contributed by atoms with E-state index in [0.29, 0.717) is 11.3 Å². The zero-order valence-corrected chi connectivity index (χ0v) is 11.1. The quantitative estimate of drug-likeness (QED) is 0.863. The Morgan fingerprint density at radius 3 is 2.57 bits per heavy atom. The highest BCUT2D eigenvalue weighted by atomic mass is 19.2. The summed E-state index contributed by atoms with van der Waals surface area (Å²) in [4.78, 5) is 13.5. The Bertz CT molecular complexity index is 753. The summed E-state index contributed by atoms with van der Waals surface area (Å²) in [5.41, 5.74) is 6.09. The van der Waals surface area contributed by atoms with Gasteiger partial charge in [-0.3, -0.25) is 4.79 Å². The lowest BCUT2D eigenvalue weighted by Crippen LogP contribution is -2.27. The van der Waals surface area contributed by atoms with E-state index in [4.69, 9.17) is 11.0 Å². The fourth-order valence-electron chi connectivity index (χ4n) is 1.83. The standard InChI is InChI=1S/C15H11F2N3O/c1-20(10-4-2-3-9(5-10)8-18)15(21)11-6-12(16)13(17)7-14(11)19/h2-7H,19H2,1H3. The van der Waals surface area contributed by atoms with Gasteiger partial charge in [0.2, 0.25) is 0 Å². The second kappa shape index (κ2) is 5.59. The van der Waals surface area contributed by atoms with E-state index in [1.54, 1.807) is 18.2 Å². The highest BCUT2D eigenvalue weighted by Gasteiger charge is 2.19. The molecule has 0 radical (unpaired) electrons. The first-order valence-corrected chi connectivity index (χ1v) is 5.96. The lowest BCUT2D eigenvalue weighted by atomic mass is 10.1. The van der Waals surface area contributed by atoms with E-state index in [1.807, 2.05) is 6.07 Å². The number of benzene rings is 2. The monoisotopic (exact) mass is 287 g/mol. The number of nitriles is 1. The molecular weight excluding hydrogens is 276 g/mol. The molecule has 0 saturated carbocycles. The van der Waals surface area contributed by atoms with Crippen molar-refractivity contribution in [3.63, 3.8) is 0 Å². The molecule has 0 aliphatic rings. The highest BCUT2D eigenvalue weighted by Crippen LogP contribution is 2.22. The molecule has 4 nitrogen and oxygen atoms in total. The van der Waals surface area contributed by atoms with E-state index >= 15 is 0 Å². The summed E-state index contributed by atoms with van der Waals surface area (Å²) in [6.45, 7) is 0. The summed E-state index contributed by atoms with van der Waals surface area (Å²) in [6, 6.07) is 9.82. The van der Waals surface area contributed by atoms with Crippen LogP contribution in [0, 0.1) is 23.0 Å². The molecular formula is C15H11F2N3O. The van der Waals surface area contributed by atoms with Crippen LogP contribution in [0.2, 0.25) is 0 Å². The lowest BCUT2D eigenvalue weighted by molar-refractivity contribution is 0.0993. The minimum absolute atomic E-state index is 0.140. The number of nitrogens with two attached hydrogens (primary N) is 1. The maximum atomic E-state index is 13.3. The van der Waals surface area contributed by atoms with Crippen LogP contribution in [0.4, 0.5) is 20.2 Å². The fraction of sp³-hybridized carbons (Fsp3) is 0.0667. The number of hydrogen-bond acceptors (Lipinski definition) is 3. The van der Waals surface area contributed by atoms with Gasteiger partial charge in [0.05, 0.1) is 17.2 Å². The van der Waals surface area contributed by atoms with Crippen LogP contribution in [-0.2, 0) is 0 Å². The zero-order valence-electron chi connectivity index (χ0n) is 11.1. The van der Waals surface area contributed by atoms with E-state index in [1.165, 1.54) is 18.0 Å². The Kier molecular flexibility index (Phi) is 3.85. The molecule has 2 rings (SSSR count). The maximum absolute atomic E-state index is 13.3. The first-order valence-electron chi connectivity index (χ1n) is 5.96. The van der Waals surface area contributed by atoms with Gasteiger partial charge < -0.3 is 10.6 Å². The SMILES string of the molecule is CN(C(=O)c1cc(F)c(F)cc1N)c1cccc(C#N)c1. The number of carbonyl (C=O) groups excluding carboxylic acids is 1. The van der Waals surface area contributed by atoms with Crippen LogP contribution < -0.4 is 10.6 Å². The molecule has 21 heavy (non-hydrogen) atoms. The predicted molar refractivity (Wildman–Crippen MR) is 74.7 cm³/mol. The van der Waals surface area contributed by atoms with Gasteiger partial charge in [-0.05, 0) is 24.3 Å². The van der Waals surface area contributed by atoms with Crippen molar-refractivity contribution in [1.82, 2.24) is 0 Å². The summed E-state index contributed by atoms with van der Waals surface area (Å²) in [5, 5.41) is 8.85. The predicted octanol–water partition coefficient (Wildman–Crippen LogP) is 2.70. The normalized spacial score (nSPS) is 10.0. The van der Waals surface area contributed by atoms with Crippen molar-refractivity contribution in [2.45, 2.75) is 0 Å². The van der Waals surface area contributed by atoms with Crippen LogP contribution in [0.15, 0.2) is 36.4 Å². The number of hydrogen-bond donors (Lipinski definition) is 1. The smallest absolute Gasteiger partial charge is 0.260 e. The van der Waals surface area contributed by atoms with Gasteiger partial charge in [-0.2, -0.15) is 5.26 Å². The zero-order chi connectivity index (χ0) is 15.6. The van der Waals surface area contributed by atoms with Gasteiger partial charge in [0.25, 0.3) is 5.91 Å². The third-order valence-corrected chi connectivity index (χ3v) is 2.99. The molecule has 0 aliphatic carbocycles. The lowest BCUT2D eigenvalue weighted by Gasteiger charge is -2.18. The second-order valence-electron chi connectivity index (χ2n) is 4.38. The highest BCUT2D eigenvalue weighted by molar-refractivity contribution is 6.09. The molecule has 2 N–H and O–H groups in total. The topological polar surface area (TPSA) is 70.1 Å². The van der Waals surface area contributed by atoms with Crippen molar-refractivity contribution >= 4 is 17.3 Å². The number of carbonyl (C=O) groups is 1. The second-order valence-corrected chi connectivity index (χ2v) is 4.38. The molecule has 2 aromatic carbocycles. The molecule has 106 valence electrons. The Hall–Kier alpha value is -2.94. The molecule has 0 bridgehead atoms. The summed E-state index contributed by atoms with van der Waals surface area (Å²) in [7, 11) is 1.46.